The van der Waals surface area contributed by atoms with E-state index in [4.69, 9.17) is 0 Å². The Kier molecular flexibility index (Phi) is 5.04. The molecule has 7 nitrogen and oxygen atoms in total. The van der Waals surface area contributed by atoms with Gasteiger partial charge in [-0.1, -0.05) is 31.0 Å². The lowest BCUT2D eigenvalue weighted by Gasteiger charge is -2.21. The van der Waals surface area contributed by atoms with Gasteiger partial charge in [0.05, 0.1) is 17.5 Å². The standard InChI is InChI=1S/C13H18N6OS2/c1-9-7-21-12(14-9)15-11(20)8-22-13-16-17-18-19(13)10-5-3-2-4-6-10/h7,10H,2-6,8H2,1H3,(H,14,15,20). The maximum atomic E-state index is 12.0. The number of rotatable bonds is 5. The van der Waals surface area contributed by atoms with E-state index in [1.54, 1.807) is 0 Å². The number of hydrogen-bond donors (Lipinski definition) is 1. The van der Waals surface area contributed by atoms with Gasteiger partial charge in [-0.05, 0) is 30.2 Å². The molecular weight excluding hydrogens is 320 g/mol. The molecule has 2 aromatic rings. The summed E-state index contributed by atoms with van der Waals surface area (Å²) in [4.78, 5) is 16.2. The number of tetrazole rings is 1. The van der Waals surface area contributed by atoms with E-state index in [0.29, 0.717) is 11.2 Å². The fraction of sp³-hybridized carbons (Fsp3) is 0.615. The van der Waals surface area contributed by atoms with Gasteiger partial charge in [0.15, 0.2) is 5.13 Å². The Hall–Kier alpha value is -1.48. The zero-order valence-corrected chi connectivity index (χ0v) is 14.0. The number of carbonyl (C=O) groups is 1. The van der Waals surface area contributed by atoms with Crippen molar-refractivity contribution in [3.8, 4) is 0 Å². The molecule has 0 bridgehead atoms. The molecule has 3 rings (SSSR count). The molecule has 0 aromatic carbocycles. The predicted molar refractivity (Wildman–Crippen MR) is 86.1 cm³/mol. The molecule has 2 heterocycles. The van der Waals surface area contributed by atoms with Crippen LogP contribution in [0.4, 0.5) is 5.13 Å². The largest absolute Gasteiger partial charge is 0.301 e. The van der Waals surface area contributed by atoms with Crippen molar-refractivity contribution in [2.75, 3.05) is 11.1 Å². The van der Waals surface area contributed by atoms with E-state index in [0.717, 1.165) is 23.7 Å². The number of hydrogen-bond acceptors (Lipinski definition) is 7. The van der Waals surface area contributed by atoms with Crippen LogP contribution in [-0.4, -0.2) is 36.9 Å². The highest BCUT2D eigenvalue weighted by molar-refractivity contribution is 7.99. The second kappa shape index (κ2) is 7.19. The van der Waals surface area contributed by atoms with Crippen LogP contribution in [0.2, 0.25) is 0 Å². The van der Waals surface area contributed by atoms with Crippen LogP contribution in [0.3, 0.4) is 0 Å². The minimum absolute atomic E-state index is 0.0856. The van der Waals surface area contributed by atoms with Gasteiger partial charge < -0.3 is 5.32 Å². The maximum Gasteiger partial charge on any atom is 0.236 e. The summed E-state index contributed by atoms with van der Waals surface area (Å²) in [7, 11) is 0. The van der Waals surface area contributed by atoms with Crippen molar-refractivity contribution in [1.82, 2.24) is 25.2 Å². The van der Waals surface area contributed by atoms with Crippen LogP contribution < -0.4 is 5.32 Å². The van der Waals surface area contributed by atoms with E-state index in [1.165, 1.54) is 42.4 Å². The smallest absolute Gasteiger partial charge is 0.236 e. The van der Waals surface area contributed by atoms with Crippen molar-refractivity contribution in [2.24, 2.45) is 0 Å². The molecule has 1 fully saturated rings. The molecule has 0 atom stereocenters. The van der Waals surface area contributed by atoms with Gasteiger partial charge in [0.1, 0.15) is 0 Å². The summed E-state index contributed by atoms with van der Waals surface area (Å²) < 4.78 is 1.88. The summed E-state index contributed by atoms with van der Waals surface area (Å²) in [6, 6.07) is 0.371. The van der Waals surface area contributed by atoms with Crippen molar-refractivity contribution in [2.45, 2.75) is 50.2 Å². The van der Waals surface area contributed by atoms with Gasteiger partial charge in [-0.25, -0.2) is 9.67 Å². The highest BCUT2D eigenvalue weighted by Crippen LogP contribution is 2.30. The Bertz CT molecular complexity index is 634. The lowest BCUT2D eigenvalue weighted by Crippen LogP contribution is -2.17. The third kappa shape index (κ3) is 3.83. The van der Waals surface area contributed by atoms with Crippen LogP contribution in [0, 0.1) is 6.92 Å². The van der Waals surface area contributed by atoms with Gasteiger partial charge >= 0.3 is 0 Å². The van der Waals surface area contributed by atoms with Gasteiger partial charge in [0, 0.05) is 5.38 Å². The van der Waals surface area contributed by atoms with Crippen molar-refractivity contribution >= 4 is 34.1 Å². The number of thiazole rings is 1. The SMILES string of the molecule is Cc1csc(NC(=O)CSc2nnnn2C2CCCCC2)n1. The molecule has 0 spiro atoms. The van der Waals surface area contributed by atoms with E-state index < -0.39 is 0 Å². The number of aromatic nitrogens is 5. The summed E-state index contributed by atoms with van der Waals surface area (Å²) >= 11 is 2.80. The van der Waals surface area contributed by atoms with Crippen molar-refractivity contribution in [3.05, 3.63) is 11.1 Å². The Morgan fingerprint density at radius 2 is 2.27 bits per heavy atom. The van der Waals surface area contributed by atoms with Gasteiger partial charge in [-0.15, -0.1) is 16.4 Å². The molecule has 0 unspecified atom stereocenters. The van der Waals surface area contributed by atoms with E-state index in [2.05, 4.69) is 25.8 Å². The number of nitrogens with one attached hydrogen (secondary N) is 1. The summed E-state index contributed by atoms with van der Waals surface area (Å²) in [5, 5.41) is 18.0. The van der Waals surface area contributed by atoms with E-state index in [1.807, 2.05) is 17.0 Å². The summed E-state index contributed by atoms with van der Waals surface area (Å²) in [6.45, 7) is 1.90. The Balaban J connectivity index is 1.55. The topological polar surface area (TPSA) is 85.6 Å². The molecular formula is C13H18N6OS2. The van der Waals surface area contributed by atoms with Crippen LogP contribution in [0.1, 0.15) is 43.8 Å². The first-order valence-electron chi connectivity index (χ1n) is 7.35. The molecule has 1 amide bonds. The highest BCUT2D eigenvalue weighted by atomic mass is 32.2. The monoisotopic (exact) mass is 338 g/mol. The molecule has 2 aromatic heterocycles. The first-order valence-corrected chi connectivity index (χ1v) is 9.21. The second-order valence-electron chi connectivity index (χ2n) is 5.33. The molecule has 22 heavy (non-hydrogen) atoms. The summed E-state index contributed by atoms with van der Waals surface area (Å²) in [5.74, 6) is 0.198. The zero-order valence-electron chi connectivity index (χ0n) is 12.4. The van der Waals surface area contributed by atoms with Crippen LogP contribution >= 0.6 is 23.1 Å². The normalized spacial score (nSPS) is 15.9. The highest BCUT2D eigenvalue weighted by Gasteiger charge is 2.20. The van der Waals surface area contributed by atoms with Gasteiger partial charge in [-0.3, -0.25) is 4.79 Å². The molecule has 1 N–H and O–H groups in total. The molecule has 1 saturated carbocycles. The fourth-order valence-electron chi connectivity index (χ4n) is 2.53. The average molecular weight is 338 g/mol. The van der Waals surface area contributed by atoms with Crippen LogP contribution in [0.5, 0.6) is 0 Å². The molecule has 0 radical (unpaired) electrons. The molecule has 118 valence electrons. The minimum atomic E-state index is -0.0856. The van der Waals surface area contributed by atoms with Crippen LogP contribution in [-0.2, 0) is 4.79 Å². The van der Waals surface area contributed by atoms with Gasteiger partial charge in [0.25, 0.3) is 0 Å². The second-order valence-corrected chi connectivity index (χ2v) is 7.13. The van der Waals surface area contributed by atoms with Crippen LogP contribution in [0.25, 0.3) is 0 Å². The minimum Gasteiger partial charge on any atom is -0.301 e. The Labute approximate surface area is 136 Å². The Morgan fingerprint density at radius 1 is 1.45 bits per heavy atom. The fourth-order valence-corrected chi connectivity index (χ4v) is 3.98. The number of aryl methyl sites for hydroxylation is 1. The number of anilines is 1. The lowest BCUT2D eigenvalue weighted by molar-refractivity contribution is -0.113. The number of carbonyl (C=O) groups excluding carboxylic acids is 1. The summed E-state index contributed by atoms with van der Waals surface area (Å²) in [5.41, 5.74) is 0.911. The molecule has 0 aliphatic heterocycles. The lowest BCUT2D eigenvalue weighted by atomic mass is 9.96. The summed E-state index contributed by atoms with van der Waals surface area (Å²) in [6.07, 6.45) is 5.96. The third-order valence-corrected chi connectivity index (χ3v) is 5.39. The number of amides is 1. The van der Waals surface area contributed by atoms with Crippen LogP contribution in [0.15, 0.2) is 10.5 Å². The molecule has 1 aliphatic carbocycles. The third-order valence-electron chi connectivity index (χ3n) is 3.58. The Morgan fingerprint density at radius 3 is 3.00 bits per heavy atom. The first kappa shape index (κ1) is 15.4. The van der Waals surface area contributed by atoms with Gasteiger partial charge in [-0.2, -0.15) is 0 Å². The zero-order chi connectivity index (χ0) is 15.4. The first-order chi connectivity index (χ1) is 10.7. The van der Waals surface area contributed by atoms with E-state index in [9.17, 15) is 4.79 Å². The number of thioether (sulfide) groups is 1. The van der Waals surface area contributed by atoms with Gasteiger partial charge in [0.2, 0.25) is 11.1 Å². The molecule has 1 aliphatic rings. The average Bonchev–Trinajstić information content (AvgIpc) is 3.15. The quantitative estimate of drug-likeness (QED) is 0.844. The maximum absolute atomic E-state index is 12.0. The number of nitrogens with zero attached hydrogens (tertiary/aromatic N) is 5. The van der Waals surface area contributed by atoms with E-state index in [-0.39, 0.29) is 11.7 Å². The predicted octanol–water partition coefficient (Wildman–Crippen LogP) is 2.67. The van der Waals surface area contributed by atoms with Crippen molar-refractivity contribution in [1.29, 1.82) is 0 Å². The van der Waals surface area contributed by atoms with Crippen molar-refractivity contribution in [3.63, 3.8) is 0 Å². The molecule has 9 heteroatoms. The van der Waals surface area contributed by atoms with Crippen molar-refractivity contribution < 1.29 is 4.79 Å². The van der Waals surface area contributed by atoms with E-state index >= 15 is 0 Å². The molecule has 0 saturated heterocycles.